The van der Waals surface area contributed by atoms with Crippen molar-refractivity contribution in [2.75, 3.05) is 5.32 Å². The van der Waals surface area contributed by atoms with Gasteiger partial charge in [0.1, 0.15) is 0 Å². The van der Waals surface area contributed by atoms with E-state index < -0.39 is 0 Å². The van der Waals surface area contributed by atoms with Crippen molar-refractivity contribution < 1.29 is 5.11 Å². The Morgan fingerprint density at radius 3 is 2.87 bits per heavy atom. The number of benzene rings is 1. The molecule has 0 radical (unpaired) electrons. The van der Waals surface area contributed by atoms with Crippen molar-refractivity contribution in [2.24, 2.45) is 0 Å². The normalized spacial score (nSPS) is 10.2. The van der Waals surface area contributed by atoms with Gasteiger partial charge in [0.25, 0.3) is 0 Å². The van der Waals surface area contributed by atoms with Crippen molar-refractivity contribution in [1.82, 2.24) is 4.98 Å². The lowest BCUT2D eigenvalue weighted by atomic mass is 10.2. The summed E-state index contributed by atoms with van der Waals surface area (Å²) in [7, 11) is 0. The maximum atomic E-state index is 9.04. The standard InChI is InChI=1S/C10H9ClN2OS/c11-8-4-2-1-3-7(8)5-12-10-13-9(14)6-15-10/h1-4,6,14H,5H2,(H,12,13). The third kappa shape index (κ3) is 2.61. The topological polar surface area (TPSA) is 45.1 Å². The highest BCUT2D eigenvalue weighted by Gasteiger charge is 2.01. The number of thiazole rings is 1. The minimum Gasteiger partial charge on any atom is -0.493 e. The number of nitrogens with zero attached hydrogens (tertiary/aromatic N) is 1. The summed E-state index contributed by atoms with van der Waals surface area (Å²) in [6.45, 7) is 0.604. The summed E-state index contributed by atoms with van der Waals surface area (Å²) < 4.78 is 0. The number of anilines is 1. The fraction of sp³-hybridized carbons (Fsp3) is 0.100. The Bertz CT molecular complexity index is 458. The van der Waals surface area contributed by atoms with Crippen LogP contribution in [0.15, 0.2) is 29.6 Å². The van der Waals surface area contributed by atoms with Crippen molar-refractivity contribution in [3.63, 3.8) is 0 Å². The summed E-state index contributed by atoms with van der Waals surface area (Å²) in [5, 5.41) is 15.1. The molecule has 1 aromatic carbocycles. The molecule has 0 aliphatic carbocycles. The van der Waals surface area contributed by atoms with Crippen LogP contribution < -0.4 is 5.32 Å². The van der Waals surface area contributed by atoms with Crippen molar-refractivity contribution in [3.8, 4) is 5.88 Å². The molecule has 5 heteroatoms. The second-order valence-electron chi connectivity index (χ2n) is 2.96. The van der Waals surface area contributed by atoms with Gasteiger partial charge >= 0.3 is 0 Å². The average Bonchev–Trinajstić information content (AvgIpc) is 2.63. The molecule has 0 amide bonds. The predicted octanol–water partition coefficient (Wildman–Crippen LogP) is 3.11. The van der Waals surface area contributed by atoms with Gasteiger partial charge in [-0.3, -0.25) is 0 Å². The second kappa shape index (κ2) is 4.51. The number of hydrogen-bond donors (Lipinski definition) is 2. The first-order valence-corrected chi connectivity index (χ1v) is 5.63. The second-order valence-corrected chi connectivity index (χ2v) is 4.22. The summed E-state index contributed by atoms with van der Waals surface area (Å²) in [5.74, 6) is 0.0432. The van der Waals surface area contributed by atoms with Crippen LogP contribution in [-0.2, 0) is 6.54 Å². The van der Waals surface area contributed by atoms with Crippen LogP contribution >= 0.6 is 22.9 Å². The van der Waals surface area contributed by atoms with E-state index in [2.05, 4.69) is 10.3 Å². The molecule has 0 aliphatic heterocycles. The first-order valence-electron chi connectivity index (χ1n) is 4.37. The van der Waals surface area contributed by atoms with E-state index in [1.54, 1.807) is 5.38 Å². The molecule has 0 unspecified atom stereocenters. The van der Waals surface area contributed by atoms with Gasteiger partial charge in [0.2, 0.25) is 5.88 Å². The van der Waals surface area contributed by atoms with E-state index in [1.165, 1.54) is 11.3 Å². The van der Waals surface area contributed by atoms with Crippen molar-refractivity contribution in [2.45, 2.75) is 6.54 Å². The van der Waals surface area contributed by atoms with E-state index in [0.29, 0.717) is 11.7 Å². The van der Waals surface area contributed by atoms with Gasteiger partial charge in [0.15, 0.2) is 5.13 Å². The van der Waals surface area contributed by atoms with Gasteiger partial charge in [-0.2, -0.15) is 4.98 Å². The molecule has 0 atom stereocenters. The molecule has 0 saturated carbocycles. The van der Waals surface area contributed by atoms with Gasteiger partial charge in [-0.05, 0) is 11.6 Å². The number of nitrogens with one attached hydrogen (secondary N) is 1. The van der Waals surface area contributed by atoms with Crippen LogP contribution in [0.3, 0.4) is 0 Å². The fourth-order valence-corrected chi connectivity index (χ4v) is 1.93. The van der Waals surface area contributed by atoms with Crippen LogP contribution in [0.4, 0.5) is 5.13 Å². The smallest absolute Gasteiger partial charge is 0.223 e. The Hall–Kier alpha value is -1.26. The summed E-state index contributed by atoms with van der Waals surface area (Å²) in [6, 6.07) is 7.62. The Morgan fingerprint density at radius 2 is 2.20 bits per heavy atom. The van der Waals surface area contributed by atoms with Crippen LogP contribution in [0.2, 0.25) is 5.02 Å². The van der Waals surface area contributed by atoms with Crippen molar-refractivity contribution in [1.29, 1.82) is 0 Å². The monoisotopic (exact) mass is 240 g/mol. The molecule has 3 nitrogen and oxygen atoms in total. The molecule has 0 bridgehead atoms. The van der Waals surface area contributed by atoms with E-state index in [-0.39, 0.29) is 5.88 Å². The molecular weight excluding hydrogens is 232 g/mol. The number of halogens is 1. The van der Waals surface area contributed by atoms with E-state index in [1.807, 2.05) is 24.3 Å². The highest BCUT2D eigenvalue weighted by atomic mass is 35.5. The summed E-state index contributed by atoms with van der Waals surface area (Å²) in [4.78, 5) is 3.88. The lowest BCUT2D eigenvalue weighted by molar-refractivity contribution is 0.458. The van der Waals surface area contributed by atoms with Crippen molar-refractivity contribution in [3.05, 3.63) is 40.2 Å². The molecule has 15 heavy (non-hydrogen) atoms. The van der Waals surface area contributed by atoms with Gasteiger partial charge in [0.05, 0.1) is 5.38 Å². The number of aromatic hydroxyl groups is 1. The van der Waals surface area contributed by atoms with Gasteiger partial charge in [-0.1, -0.05) is 29.8 Å². The Morgan fingerprint density at radius 1 is 1.40 bits per heavy atom. The summed E-state index contributed by atoms with van der Waals surface area (Å²) in [6.07, 6.45) is 0. The van der Waals surface area contributed by atoms with Gasteiger partial charge in [-0.15, -0.1) is 11.3 Å². The maximum Gasteiger partial charge on any atom is 0.223 e. The zero-order valence-electron chi connectivity index (χ0n) is 7.77. The van der Waals surface area contributed by atoms with Crippen LogP contribution in [0.5, 0.6) is 5.88 Å². The molecule has 1 aromatic heterocycles. The molecule has 0 fully saturated rings. The molecule has 78 valence electrons. The van der Waals surface area contributed by atoms with Crippen LogP contribution in [-0.4, -0.2) is 10.1 Å². The predicted molar refractivity (Wildman–Crippen MR) is 62.6 cm³/mol. The fourth-order valence-electron chi connectivity index (χ4n) is 1.16. The zero-order valence-corrected chi connectivity index (χ0v) is 9.35. The molecule has 0 saturated heterocycles. The Kier molecular flexibility index (Phi) is 3.08. The van der Waals surface area contributed by atoms with Crippen LogP contribution in [0.1, 0.15) is 5.56 Å². The minimum atomic E-state index is 0.0432. The SMILES string of the molecule is Oc1csc(NCc2ccccc2Cl)n1. The van der Waals surface area contributed by atoms with Crippen LogP contribution in [0.25, 0.3) is 0 Å². The quantitative estimate of drug-likeness (QED) is 0.867. The Labute approximate surface area is 96.4 Å². The molecule has 0 aliphatic rings. The first kappa shape index (κ1) is 10.3. The van der Waals surface area contributed by atoms with E-state index in [9.17, 15) is 0 Å². The molecular formula is C10H9ClN2OS. The first-order chi connectivity index (χ1) is 7.25. The molecule has 0 spiro atoms. The lowest BCUT2D eigenvalue weighted by Crippen LogP contribution is -1.99. The largest absolute Gasteiger partial charge is 0.493 e. The van der Waals surface area contributed by atoms with E-state index >= 15 is 0 Å². The summed E-state index contributed by atoms with van der Waals surface area (Å²) in [5.41, 5.74) is 1.01. The van der Waals surface area contributed by atoms with Gasteiger partial charge in [0, 0.05) is 11.6 Å². The molecule has 2 rings (SSSR count). The highest BCUT2D eigenvalue weighted by Crippen LogP contribution is 2.21. The lowest BCUT2D eigenvalue weighted by Gasteiger charge is -2.04. The van der Waals surface area contributed by atoms with E-state index in [0.717, 1.165) is 10.6 Å². The average molecular weight is 241 g/mol. The molecule has 2 N–H and O–H groups in total. The third-order valence-corrected chi connectivity index (χ3v) is 3.04. The summed E-state index contributed by atoms with van der Waals surface area (Å²) >= 11 is 7.35. The number of rotatable bonds is 3. The van der Waals surface area contributed by atoms with Crippen LogP contribution in [0, 0.1) is 0 Å². The Balaban J connectivity index is 2.02. The minimum absolute atomic E-state index is 0.0432. The number of aromatic nitrogens is 1. The van der Waals surface area contributed by atoms with E-state index in [4.69, 9.17) is 16.7 Å². The molecule has 1 heterocycles. The van der Waals surface area contributed by atoms with Crippen molar-refractivity contribution >= 4 is 28.1 Å². The third-order valence-electron chi connectivity index (χ3n) is 1.88. The molecule has 2 aromatic rings. The van der Waals surface area contributed by atoms with Gasteiger partial charge < -0.3 is 10.4 Å². The zero-order chi connectivity index (χ0) is 10.7. The van der Waals surface area contributed by atoms with Gasteiger partial charge in [-0.25, -0.2) is 0 Å². The highest BCUT2D eigenvalue weighted by molar-refractivity contribution is 7.13. The number of hydrogen-bond acceptors (Lipinski definition) is 4. The maximum absolute atomic E-state index is 9.04.